The molecule has 1 aromatic rings. The lowest BCUT2D eigenvalue weighted by molar-refractivity contribution is -0.0471. The lowest BCUT2D eigenvalue weighted by Crippen LogP contribution is -2.59. The standard InChI is InChI=1S/C19H28N2O4S/c1-24-19(22)21-10-6-9-17(20-26(2)23)18(21)13-25-16-11-15(12-16)14-7-4-3-5-8-14/h3-5,7-8,15-18,20H,6,9-13H2,1-2H3/t15-,16+,17-,18-,26?/m0/s1. The van der Waals surface area contributed by atoms with Gasteiger partial charge in [0.2, 0.25) is 0 Å². The van der Waals surface area contributed by atoms with E-state index in [0.717, 1.165) is 25.7 Å². The molecule has 1 aromatic carbocycles. The fourth-order valence-electron chi connectivity index (χ4n) is 3.89. The van der Waals surface area contributed by atoms with E-state index in [0.29, 0.717) is 19.1 Å². The molecule has 1 unspecified atom stereocenters. The van der Waals surface area contributed by atoms with E-state index in [2.05, 4.69) is 29.0 Å². The SMILES string of the molecule is COC(=O)N1CCC[C@H](N[S+](C)[O-])[C@@H]1CO[C@H]1C[C@@H](c2ccccc2)C1. The minimum Gasteiger partial charge on any atom is -0.598 e. The van der Waals surface area contributed by atoms with Crippen LogP contribution in [0.25, 0.3) is 0 Å². The summed E-state index contributed by atoms with van der Waals surface area (Å²) in [6.45, 7) is 1.09. The smallest absolute Gasteiger partial charge is 0.409 e. The molecule has 1 saturated carbocycles. The van der Waals surface area contributed by atoms with Gasteiger partial charge in [0.1, 0.15) is 6.26 Å². The summed E-state index contributed by atoms with van der Waals surface area (Å²) in [6.07, 6.45) is 5.24. The molecule has 2 aliphatic rings. The van der Waals surface area contributed by atoms with Crippen molar-refractivity contribution in [3.8, 4) is 0 Å². The topological polar surface area (TPSA) is 73.9 Å². The number of hydrogen-bond acceptors (Lipinski definition) is 5. The van der Waals surface area contributed by atoms with Crippen molar-refractivity contribution in [1.29, 1.82) is 0 Å². The molecule has 0 aromatic heterocycles. The van der Waals surface area contributed by atoms with E-state index in [4.69, 9.17) is 9.47 Å². The Bertz CT molecular complexity index is 580. The van der Waals surface area contributed by atoms with Crippen LogP contribution in [0, 0.1) is 0 Å². The first kappa shape index (κ1) is 19.5. The zero-order valence-electron chi connectivity index (χ0n) is 15.4. The Hall–Kier alpha value is -1.28. The van der Waals surface area contributed by atoms with Gasteiger partial charge in [-0.2, -0.15) is 0 Å². The maximum Gasteiger partial charge on any atom is 0.409 e. The number of piperidine rings is 1. The Kier molecular flexibility index (Phi) is 6.80. The van der Waals surface area contributed by atoms with Crippen LogP contribution in [0.3, 0.4) is 0 Å². The molecule has 144 valence electrons. The van der Waals surface area contributed by atoms with Gasteiger partial charge in [0.05, 0.1) is 31.9 Å². The number of hydrogen-bond donors (Lipinski definition) is 1. The molecule has 1 aliphatic heterocycles. The predicted molar refractivity (Wildman–Crippen MR) is 101 cm³/mol. The minimum atomic E-state index is -1.13. The van der Waals surface area contributed by atoms with E-state index < -0.39 is 11.4 Å². The Morgan fingerprint density at radius 2 is 2.08 bits per heavy atom. The van der Waals surface area contributed by atoms with E-state index in [1.165, 1.54) is 12.7 Å². The second-order valence-corrected chi connectivity index (χ2v) is 8.23. The van der Waals surface area contributed by atoms with Crippen molar-refractivity contribution in [2.75, 3.05) is 26.5 Å². The highest BCUT2D eigenvalue weighted by molar-refractivity contribution is 7.88. The number of carbonyl (C=O) groups excluding carboxylic acids is 1. The first-order valence-corrected chi connectivity index (χ1v) is 10.7. The lowest BCUT2D eigenvalue weighted by Gasteiger charge is -2.42. The number of ether oxygens (including phenoxy) is 2. The van der Waals surface area contributed by atoms with Crippen LogP contribution >= 0.6 is 0 Å². The molecule has 3 rings (SSSR count). The van der Waals surface area contributed by atoms with Gasteiger partial charge in [-0.1, -0.05) is 30.3 Å². The van der Waals surface area contributed by atoms with Gasteiger partial charge in [-0.05, 0) is 37.2 Å². The molecule has 1 saturated heterocycles. The molecule has 0 spiro atoms. The highest BCUT2D eigenvalue weighted by Gasteiger charge is 2.39. The second kappa shape index (κ2) is 9.08. The summed E-state index contributed by atoms with van der Waals surface area (Å²) in [6, 6.07) is 10.3. The van der Waals surface area contributed by atoms with E-state index >= 15 is 0 Å². The first-order valence-electron chi connectivity index (χ1n) is 9.19. The number of nitrogens with zero attached hydrogens (tertiary/aromatic N) is 1. The third kappa shape index (κ3) is 4.71. The predicted octanol–water partition coefficient (Wildman–Crippen LogP) is 2.43. The van der Waals surface area contributed by atoms with Gasteiger partial charge in [0.25, 0.3) is 0 Å². The number of amides is 1. The molecule has 2 fully saturated rings. The molecule has 0 bridgehead atoms. The van der Waals surface area contributed by atoms with Gasteiger partial charge >= 0.3 is 6.09 Å². The van der Waals surface area contributed by atoms with Gasteiger partial charge < -0.3 is 18.9 Å². The number of rotatable bonds is 6. The zero-order chi connectivity index (χ0) is 18.5. The molecular weight excluding hydrogens is 352 g/mol. The van der Waals surface area contributed by atoms with E-state index in [-0.39, 0.29) is 24.3 Å². The Morgan fingerprint density at radius 1 is 1.35 bits per heavy atom. The van der Waals surface area contributed by atoms with Crippen LogP contribution in [0.15, 0.2) is 30.3 Å². The van der Waals surface area contributed by atoms with Crippen molar-refractivity contribution in [2.45, 2.75) is 49.8 Å². The molecule has 26 heavy (non-hydrogen) atoms. The monoisotopic (exact) mass is 380 g/mol. The molecular formula is C19H28N2O4S. The lowest BCUT2D eigenvalue weighted by atomic mass is 9.77. The van der Waals surface area contributed by atoms with Crippen molar-refractivity contribution < 1.29 is 18.8 Å². The summed E-state index contributed by atoms with van der Waals surface area (Å²) in [4.78, 5) is 13.8. The Labute approximate surface area is 158 Å². The summed E-state index contributed by atoms with van der Waals surface area (Å²) >= 11 is -1.13. The van der Waals surface area contributed by atoms with E-state index in [1.807, 2.05) is 6.07 Å². The quantitative estimate of drug-likeness (QED) is 0.768. The van der Waals surface area contributed by atoms with Gasteiger partial charge in [-0.3, -0.25) is 0 Å². The highest BCUT2D eigenvalue weighted by atomic mass is 32.2. The minimum absolute atomic E-state index is 0.0429. The molecule has 7 heteroatoms. The molecule has 0 radical (unpaired) electrons. The second-order valence-electron chi connectivity index (χ2n) is 7.09. The van der Waals surface area contributed by atoms with Crippen LogP contribution in [0.2, 0.25) is 0 Å². The van der Waals surface area contributed by atoms with Crippen molar-refractivity contribution in [3.05, 3.63) is 35.9 Å². The molecule has 1 N–H and O–H groups in total. The van der Waals surface area contributed by atoms with Gasteiger partial charge in [-0.25, -0.2) is 4.79 Å². The van der Waals surface area contributed by atoms with Crippen LogP contribution < -0.4 is 4.72 Å². The number of benzene rings is 1. The normalized spacial score (nSPS) is 29.7. The van der Waals surface area contributed by atoms with Crippen molar-refractivity contribution >= 4 is 17.5 Å². The van der Waals surface area contributed by atoms with Crippen LogP contribution in [-0.2, 0) is 20.8 Å². The summed E-state index contributed by atoms with van der Waals surface area (Å²) in [5.74, 6) is 0.557. The average Bonchev–Trinajstić information content (AvgIpc) is 2.61. The fraction of sp³-hybridized carbons (Fsp3) is 0.632. The van der Waals surface area contributed by atoms with Crippen LogP contribution in [-0.4, -0.2) is 60.3 Å². The van der Waals surface area contributed by atoms with Crippen molar-refractivity contribution in [3.63, 3.8) is 0 Å². The van der Waals surface area contributed by atoms with Crippen molar-refractivity contribution in [1.82, 2.24) is 9.62 Å². The van der Waals surface area contributed by atoms with Crippen LogP contribution in [0.5, 0.6) is 0 Å². The number of methoxy groups -OCH3 is 1. The maximum absolute atomic E-state index is 12.1. The summed E-state index contributed by atoms with van der Waals surface area (Å²) in [5.41, 5.74) is 1.36. The molecule has 1 amide bonds. The largest absolute Gasteiger partial charge is 0.598 e. The van der Waals surface area contributed by atoms with Crippen molar-refractivity contribution in [2.24, 2.45) is 0 Å². The first-order chi connectivity index (χ1) is 12.6. The van der Waals surface area contributed by atoms with Gasteiger partial charge in [-0.15, -0.1) is 4.72 Å². The number of carbonyl (C=O) groups is 1. The van der Waals surface area contributed by atoms with Gasteiger partial charge in [0.15, 0.2) is 0 Å². The maximum atomic E-state index is 12.1. The molecule has 3 atom stereocenters. The molecule has 1 heterocycles. The van der Waals surface area contributed by atoms with Crippen LogP contribution in [0.4, 0.5) is 4.79 Å². The van der Waals surface area contributed by atoms with Gasteiger partial charge in [0, 0.05) is 17.9 Å². The average molecular weight is 381 g/mol. The van der Waals surface area contributed by atoms with E-state index in [9.17, 15) is 9.35 Å². The molecule has 6 nitrogen and oxygen atoms in total. The third-order valence-electron chi connectivity index (χ3n) is 5.37. The van der Waals surface area contributed by atoms with Crippen LogP contribution in [0.1, 0.15) is 37.2 Å². The summed E-state index contributed by atoms with van der Waals surface area (Å²) < 4.78 is 25.8. The molecule has 1 aliphatic carbocycles. The third-order valence-corrected chi connectivity index (χ3v) is 6.01. The fourth-order valence-corrected chi connectivity index (χ4v) is 4.59. The zero-order valence-corrected chi connectivity index (χ0v) is 16.2. The highest BCUT2D eigenvalue weighted by Crippen LogP contribution is 2.38. The number of likely N-dealkylation sites (tertiary alicyclic amines) is 1. The Balaban J connectivity index is 1.55. The summed E-state index contributed by atoms with van der Waals surface area (Å²) in [7, 11) is 1.39. The number of nitrogens with one attached hydrogen (secondary N) is 1. The van der Waals surface area contributed by atoms with E-state index in [1.54, 1.807) is 11.2 Å². The summed E-state index contributed by atoms with van der Waals surface area (Å²) in [5, 5.41) is 0. The Morgan fingerprint density at radius 3 is 2.73 bits per heavy atom.